The number of para-hydroxylation sites is 1. The van der Waals surface area contributed by atoms with Gasteiger partial charge in [0, 0.05) is 18.7 Å². The average Bonchev–Trinajstić information content (AvgIpc) is 2.83. The van der Waals surface area contributed by atoms with Crippen molar-refractivity contribution in [1.29, 1.82) is 0 Å². The van der Waals surface area contributed by atoms with Crippen LogP contribution in [0.15, 0.2) is 77.7 Å². The molecule has 1 N–H and O–H groups in total. The third kappa shape index (κ3) is 4.98. The molecular weight excluding hydrogens is 453 g/mol. The van der Waals surface area contributed by atoms with Crippen LogP contribution in [0.3, 0.4) is 0 Å². The standard InChI is InChI=1S/C26H28FN3O3S/c1-29(2)25(20-9-5-12-22(27)16-20)18-28-26(31)21-10-6-13-23(17-21)34(32,33)30-15-7-11-19-8-3-4-14-24(19)30/h3-6,8-10,12-14,16-17,25H,7,11,15,18H2,1-2H3,(H,28,31). The highest BCUT2D eigenvalue weighted by Gasteiger charge is 2.29. The zero-order chi connectivity index (χ0) is 24.3. The van der Waals surface area contributed by atoms with Gasteiger partial charge in [0.1, 0.15) is 5.82 Å². The summed E-state index contributed by atoms with van der Waals surface area (Å²) in [6.45, 7) is 0.639. The van der Waals surface area contributed by atoms with Crippen LogP contribution in [0.5, 0.6) is 0 Å². The first-order chi connectivity index (χ1) is 16.3. The molecular formula is C26H28FN3O3S. The van der Waals surface area contributed by atoms with Crippen molar-refractivity contribution < 1.29 is 17.6 Å². The van der Waals surface area contributed by atoms with Gasteiger partial charge in [0.25, 0.3) is 15.9 Å². The maximum absolute atomic E-state index is 13.7. The van der Waals surface area contributed by atoms with Crippen LogP contribution in [0.1, 0.15) is 33.9 Å². The van der Waals surface area contributed by atoms with E-state index in [1.165, 1.54) is 28.6 Å². The first-order valence-corrected chi connectivity index (χ1v) is 12.6. The molecule has 1 heterocycles. The molecule has 3 aromatic carbocycles. The van der Waals surface area contributed by atoms with Crippen molar-refractivity contribution in [3.63, 3.8) is 0 Å². The minimum absolute atomic E-state index is 0.0751. The lowest BCUT2D eigenvalue weighted by atomic mass is 10.0. The Balaban J connectivity index is 1.54. The lowest BCUT2D eigenvalue weighted by molar-refractivity contribution is 0.0941. The van der Waals surface area contributed by atoms with Crippen molar-refractivity contribution in [2.75, 3.05) is 31.5 Å². The summed E-state index contributed by atoms with van der Waals surface area (Å²) in [4.78, 5) is 14.9. The molecule has 0 radical (unpaired) electrons. The van der Waals surface area contributed by atoms with Gasteiger partial charge in [-0.2, -0.15) is 0 Å². The van der Waals surface area contributed by atoms with Crippen LogP contribution in [-0.4, -0.2) is 46.4 Å². The molecule has 0 saturated heterocycles. The van der Waals surface area contributed by atoms with Gasteiger partial charge >= 0.3 is 0 Å². The normalized spacial score (nSPS) is 14.5. The summed E-state index contributed by atoms with van der Waals surface area (Å²) in [5.74, 6) is -0.729. The predicted molar refractivity (Wildman–Crippen MR) is 131 cm³/mol. The van der Waals surface area contributed by atoms with E-state index in [4.69, 9.17) is 0 Å². The number of likely N-dealkylation sites (N-methyl/N-ethyl adjacent to an activating group) is 1. The van der Waals surface area contributed by atoms with Gasteiger partial charge in [-0.3, -0.25) is 9.10 Å². The number of carbonyl (C=O) groups is 1. The Kier molecular flexibility index (Phi) is 7.00. The number of nitrogens with zero attached hydrogens (tertiary/aromatic N) is 2. The highest BCUT2D eigenvalue weighted by atomic mass is 32.2. The van der Waals surface area contributed by atoms with E-state index >= 15 is 0 Å². The summed E-state index contributed by atoms with van der Waals surface area (Å²) in [7, 11) is -0.115. The van der Waals surface area contributed by atoms with Gasteiger partial charge in [-0.05, 0) is 74.5 Å². The van der Waals surface area contributed by atoms with Gasteiger partial charge < -0.3 is 10.2 Å². The minimum Gasteiger partial charge on any atom is -0.350 e. The number of sulfonamides is 1. The number of anilines is 1. The van der Waals surface area contributed by atoms with E-state index in [0.717, 1.165) is 24.0 Å². The summed E-state index contributed by atoms with van der Waals surface area (Å²) in [6.07, 6.45) is 1.57. The second-order valence-corrected chi connectivity index (χ2v) is 10.4. The van der Waals surface area contributed by atoms with Crippen molar-refractivity contribution in [1.82, 2.24) is 10.2 Å². The van der Waals surface area contributed by atoms with Crippen LogP contribution in [0.25, 0.3) is 0 Å². The number of nitrogens with one attached hydrogen (secondary N) is 1. The lowest BCUT2D eigenvalue weighted by Gasteiger charge is -2.30. The molecule has 8 heteroatoms. The Morgan fingerprint density at radius 2 is 1.82 bits per heavy atom. The molecule has 6 nitrogen and oxygen atoms in total. The fraction of sp³-hybridized carbons (Fsp3) is 0.269. The highest BCUT2D eigenvalue weighted by Crippen LogP contribution is 2.32. The molecule has 4 rings (SSSR count). The van der Waals surface area contributed by atoms with Gasteiger partial charge in [0.05, 0.1) is 16.6 Å². The van der Waals surface area contributed by atoms with Crippen molar-refractivity contribution in [2.45, 2.75) is 23.8 Å². The number of amides is 1. The fourth-order valence-corrected chi connectivity index (χ4v) is 5.87. The van der Waals surface area contributed by atoms with E-state index in [2.05, 4.69) is 5.32 Å². The number of benzene rings is 3. The predicted octanol–water partition coefficient (Wildman–Crippen LogP) is 4.00. The molecule has 0 saturated carbocycles. The first kappa shape index (κ1) is 23.9. The SMILES string of the molecule is CN(C)C(CNC(=O)c1cccc(S(=O)(=O)N2CCCc3ccccc32)c1)c1cccc(F)c1. The van der Waals surface area contributed by atoms with Crippen LogP contribution in [0.2, 0.25) is 0 Å². The van der Waals surface area contributed by atoms with Crippen LogP contribution >= 0.6 is 0 Å². The van der Waals surface area contributed by atoms with Crippen LogP contribution in [-0.2, 0) is 16.4 Å². The zero-order valence-electron chi connectivity index (χ0n) is 19.2. The van der Waals surface area contributed by atoms with E-state index in [1.54, 1.807) is 18.2 Å². The number of halogens is 1. The highest BCUT2D eigenvalue weighted by molar-refractivity contribution is 7.92. The maximum Gasteiger partial charge on any atom is 0.264 e. The third-order valence-electron chi connectivity index (χ3n) is 6.06. The number of hydrogen-bond acceptors (Lipinski definition) is 4. The van der Waals surface area contributed by atoms with Gasteiger partial charge in [-0.15, -0.1) is 0 Å². The van der Waals surface area contributed by atoms with Crippen molar-refractivity contribution in [3.05, 3.63) is 95.3 Å². The Hall–Kier alpha value is -3.23. The maximum atomic E-state index is 13.7. The number of aryl methyl sites for hydroxylation is 1. The van der Waals surface area contributed by atoms with Crippen molar-refractivity contribution >= 4 is 21.6 Å². The largest absolute Gasteiger partial charge is 0.350 e. The van der Waals surface area contributed by atoms with Gasteiger partial charge in [-0.25, -0.2) is 12.8 Å². The van der Waals surface area contributed by atoms with Crippen LogP contribution in [0.4, 0.5) is 10.1 Å². The molecule has 0 fully saturated rings. The number of carbonyl (C=O) groups excluding carboxylic acids is 1. The zero-order valence-corrected chi connectivity index (χ0v) is 20.1. The Bertz CT molecular complexity index is 1290. The van der Waals surface area contributed by atoms with E-state index in [9.17, 15) is 17.6 Å². The fourth-order valence-electron chi connectivity index (χ4n) is 4.28. The molecule has 0 aliphatic carbocycles. The number of rotatable bonds is 7. The smallest absolute Gasteiger partial charge is 0.264 e. The monoisotopic (exact) mass is 481 g/mol. The van der Waals surface area contributed by atoms with Crippen LogP contribution < -0.4 is 9.62 Å². The number of hydrogen-bond donors (Lipinski definition) is 1. The van der Waals surface area contributed by atoms with Crippen molar-refractivity contribution in [2.24, 2.45) is 0 Å². The van der Waals surface area contributed by atoms with E-state index in [1.807, 2.05) is 49.3 Å². The third-order valence-corrected chi connectivity index (χ3v) is 7.87. The van der Waals surface area contributed by atoms with Crippen molar-refractivity contribution in [3.8, 4) is 0 Å². The Labute approximate surface area is 200 Å². The molecule has 1 amide bonds. The molecule has 1 unspecified atom stereocenters. The number of fused-ring (bicyclic) bond motifs is 1. The minimum atomic E-state index is -3.82. The molecule has 0 aromatic heterocycles. The first-order valence-electron chi connectivity index (χ1n) is 11.2. The lowest BCUT2D eigenvalue weighted by Crippen LogP contribution is -2.36. The molecule has 1 aliphatic rings. The quantitative estimate of drug-likeness (QED) is 0.554. The average molecular weight is 482 g/mol. The molecule has 1 aliphatic heterocycles. The summed E-state index contributed by atoms with van der Waals surface area (Å²) < 4.78 is 42.0. The molecule has 3 aromatic rings. The molecule has 1 atom stereocenters. The summed E-state index contributed by atoms with van der Waals surface area (Å²) >= 11 is 0. The molecule has 34 heavy (non-hydrogen) atoms. The second kappa shape index (κ2) is 9.95. The van der Waals surface area contributed by atoms with Gasteiger partial charge in [0.15, 0.2) is 0 Å². The van der Waals surface area contributed by atoms with E-state index < -0.39 is 10.0 Å². The van der Waals surface area contributed by atoms with Crippen LogP contribution in [0, 0.1) is 5.82 Å². The molecule has 0 spiro atoms. The van der Waals surface area contributed by atoms with E-state index in [0.29, 0.717) is 12.2 Å². The Morgan fingerprint density at radius 1 is 1.06 bits per heavy atom. The topological polar surface area (TPSA) is 69.7 Å². The second-order valence-electron chi connectivity index (χ2n) is 8.58. The Morgan fingerprint density at radius 3 is 2.59 bits per heavy atom. The summed E-state index contributed by atoms with van der Waals surface area (Å²) in [5.41, 5.74) is 2.68. The molecule has 0 bridgehead atoms. The van der Waals surface area contributed by atoms with Gasteiger partial charge in [0.2, 0.25) is 0 Å². The van der Waals surface area contributed by atoms with Gasteiger partial charge in [-0.1, -0.05) is 36.4 Å². The van der Waals surface area contributed by atoms with E-state index in [-0.39, 0.29) is 34.8 Å². The summed E-state index contributed by atoms with van der Waals surface area (Å²) in [5, 5.41) is 2.86. The summed E-state index contributed by atoms with van der Waals surface area (Å²) in [6, 6.07) is 19.6. The molecule has 178 valence electrons.